The number of carbonyl (C=O) groups is 2. The second-order valence-electron chi connectivity index (χ2n) is 9.14. The molecule has 28 heavy (non-hydrogen) atoms. The van der Waals surface area contributed by atoms with E-state index in [1.165, 1.54) is 25.7 Å². The molecular formula is C21H39N5O2. The quantitative estimate of drug-likeness (QED) is 0.737. The molecule has 7 nitrogen and oxygen atoms in total. The van der Waals surface area contributed by atoms with E-state index in [2.05, 4.69) is 29.2 Å². The zero-order valence-corrected chi connectivity index (χ0v) is 18.1. The van der Waals surface area contributed by atoms with Gasteiger partial charge in [0.15, 0.2) is 0 Å². The molecule has 1 aliphatic carbocycles. The molecule has 1 N–H and O–H groups in total. The maximum atomic E-state index is 12.8. The smallest absolute Gasteiger partial charge is 0.317 e. The van der Waals surface area contributed by atoms with Crippen molar-refractivity contribution < 1.29 is 9.59 Å². The van der Waals surface area contributed by atoms with Gasteiger partial charge < -0.3 is 20.0 Å². The van der Waals surface area contributed by atoms with Crippen molar-refractivity contribution in [1.82, 2.24) is 24.9 Å². The molecule has 0 bridgehead atoms. The highest BCUT2D eigenvalue weighted by Gasteiger charge is 2.36. The summed E-state index contributed by atoms with van der Waals surface area (Å²) in [6, 6.07) is 0.0612. The number of likely N-dealkylation sites (N-methyl/N-ethyl adjacent to an activating group) is 2. The number of carbonyl (C=O) groups excluding carboxylic acids is 2. The molecule has 2 aliphatic heterocycles. The third-order valence-corrected chi connectivity index (χ3v) is 7.24. The number of piperazine rings is 1. The van der Waals surface area contributed by atoms with Crippen LogP contribution in [0, 0.1) is 0 Å². The summed E-state index contributed by atoms with van der Waals surface area (Å²) < 4.78 is 0. The fourth-order valence-corrected chi connectivity index (χ4v) is 5.08. The first-order valence-corrected chi connectivity index (χ1v) is 11.1. The Hall–Kier alpha value is -1.34. The van der Waals surface area contributed by atoms with Gasteiger partial charge in [-0.1, -0.05) is 25.7 Å². The summed E-state index contributed by atoms with van der Waals surface area (Å²) in [5.74, 6) is 0.241. The van der Waals surface area contributed by atoms with E-state index in [0.29, 0.717) is 32.7 Å². The second-order valence-corrected chi connectivity index (χ2v) is 9.14. The SMILES string of the molecule is CN1CCCC1C(=O)N1CCN(C(=O)NCC2(N(C)C)CCCCCC2)CC1. The van der Waals surface area contributed by atoms with E-state index in [4.69, 9.17) is 0 Å². The van der Waals surface area contributed by atoms with Gasteiger partial charge in [0.1, 0.15) is 0 Å². The highest BCUT2D eigenvalue weighted by atomic mass is 16.2. The van der Waals surface area contributed by atoms with Crippen LogP contribution in [0.25, 0.3) is 0 Å². The van der Waals surface area contributed by atoms with Crippen LogP contribution in [-0.4, -0.2) is 104 Å². The van der Waals surface area contributed by atoms with E-state index < -0.39 is 0 Å². The minimum atomic E-state index is 0.0237. The number of rotatable bonds is 4. The predicted octanol–water partition coefficient (Wildman–Crippen LogP) is 1.59. The zero-order chi connectivity index (χ0) is 20.1. The third kappa shape index (κ3) is 4.79. The number of urea groups is 1. The topological polar surface area (TPSA) is 59.1 Å². The Bertz CT molecular complexity index is 537. The van der Waals surface area contributed by atoms with Crippen LogP contribution in [0.3, 0.4) is 0 Å². The number of hydrogen-bond acceptors (Lipinski definition) is 4. The summed E-state index contributed by atoms with van der Waals surface area (Å²) in [5, 5.41) is 3.21. The average molecular weight is 394 g/mol. The molecule has 0 radical (unpaired) electrons. The average Bonchev–Trinajstić information content (AvgIpc) is 2.98. The largest absolute Gasteiger partial charge is 0.338 e. The molecule has 0 aromatic carbocycles. The lowest BCUT2D eigenvalue weighted by atomic mass is 9.89. The molecule has 0 spiro atoms. The van der Waals surface area contributed by atoms with Crippen molar-refractivity contribution in [3.63, 3.8) is 0 Å². The minimum absolute atomic E-state index is 0.0237. The van der Waals surface area contributed by atoms with Gasteiger partial charge in [-0.3, -0.25) is 9.69 Å². The summed E-state index contributed by atoms with van der Waals surface area (Å²) in [6.45, 7) is 4.27. The fraction of sp³-hybridized carbons (Fsp3) is 0.905. The molecule has 0 aromatic heterocycles. The molecule has 3 aliphatic rings. The molecule has 3 fully saturated rings. The fourth-order valence-electron chi connectivity index (χ4n) is 5.08. The first-order valence-electron chi connectivity index (χ1n) is 11.1. The molecule has 160 valence electrons. The van der Waals surface area contributed by atoms with E-state index in [0.717, 1.165) is 32.2 Å². The van der Waals surface area contributed by atoms with Crippen LogP contribution in [0.1, 0.15) is 51.4 Å². The lowest BCUT2D eigenvalue weighted by Gasteiger charge is -2.41. The number of amides is 3. The second kappa shape index (κ2) is 9.44. The first kappa shape index (κ1) is 21.4. The van der Waals surface area contributed by atoms with Gasteiger partial charge in [0.2, 0.25) is 5.91 Å². The van der Waals surface area contributed by atoms with Crippen molar-refractivity contribution in [2.75, 3.05) is 60.4 Å². The molecule has 7 heteroatoms. The van der Waals surface area contributed by atoms with Crippen molar-refractivity contribution in [1.29, 1.82) is 0 Å². The van der Waals surface area contributed by atoms with Gasteiger partial charge in [-0.25, -0.2) is 4.79 Å². The summed E-state index contributed by atoms with van der Waals surface area (Å²) in [6.07, 6.45) is 9.45. The molecule has 2 saturated heterocycles. The zero-order valence-electron chi connectivity index (χ0n) is 18.1. The molecule has 1 saturated carbocycles. The van der Waals surface area contributed by atoms with Crippen molar-refractivity contribution in [2.24, 2.45) is 0 Å². The Balaban J connectivity index is 1.47. The molecule has 1 unspecified atom stereocenters. The van der Waals surface area contributed by atoms with Gasteiger partial charge in [0.05, 0.1) is 6.04 Å². The van der Waals surface area contributed by atoms with Crippen LogP contribution in [0.5, 0.6) is 0 Å². The van der Waals surface area contributed by atoms with Crippen LogP contribution < -0.4 is 5.32 Å². The van der Waals surface area contributed by atoms with E-state index in [1.807, 2.05) is 16.8 Å². The van der Waals surface area contributed by atoms with Gasteiger partial charge in [-0.2, -0.15) is 0 Å². The van der Waals surface area contributed by atoms with Crippen LogP contribution in [0.2, 0.25) is 0 Å². The van der Waals surface area contributed by atoms with E-state index in [9.17, 15) is 9.59 Å². The van der Waals surface area contributed by atoms with E-state index in [1.54, 1.807) is 0 Å². The number of hydrogen-bond donors (Lipinski definition) is 1. The first-order chi connectivity index (χ1) is 13.4. The van der Waals surface area contributed by atoms with Gasteiger partial charge in [-0.15, -0.1) is 0 Å². The van der Waals surface area contributed by atoms with Crippen LogP contribution in [-0.2, 0) is 4.79 Å². The van der Waals surface area contributed by atoms with Gasteiger partial charge in [0, 0.05) is 38.3 Å². The predicted molar refractivity (Wildman–Crippen MR) is 111 cm³/mol. The highest BCUT2D eigenvalue weighted by molar-refractivity contribution is 5.82. The number of nitrogens with zero attached hydrogens (tertiary/aromatic N) is 4. The Morgan fingerprint density at radius 2 is 1.54 bits per heavy atom. The van der Waals surface area contributed by atoms with Gasteiger partial charge in [-0.05, 0) is 53.4 Å². The van der Waals surface area contributed by atoms with Gasteiger partial charge in [0.25, 0.3) is 0 Å². The van der Waals surface area contributed by atoms with Crippen molar-refractivity contribution in [3.8, 4) is 0 Å². The molecule has 0 aromatic rings. The lowest BCUT2D eigenvalue weighted by Crippen LogP contribution is -2.58. The Labute approximate surface area is 170 Å². The standard InChI is InChI=1S/C21H39N5O2/c1-23(2)21(10-6-4-5-7-11-21)17-22-20(28)26-15-13-25(14-16-26)19(27)18-9-8-12-24(18)3/h18H,4-17H2,1-3H3,(H,22,28). The lowest BCUT2D eigenvalue weighted by molar-refractivity contribution is -0.137. The molecule has 3 amide bonds. The summed E-state index contributed by atoms with van der Waals surface area (Å²) in [7, 11) is 6.32. The van der Waals surface area contributed by atoms with Crippen LogP contribution in [0.4, 0.5) is 4.79 Å². The number of nitrogens with one attached hydrogen (secondary N) is 1. The summed E-state index contributed by atoms with van der Waals surface area (Å²) in [4.78, 5) is 33.8. The normalized spacial score (nSPS) is 26.4. The Kier molecular flexibility index (Phi) is 7.20. The molecule has 3 rings (SSSR count). The maximum Gasteiger partial charge on any atom is 0.317 e. The third-order valence-electron chi connectivity index (χ3n) is 7.24. The molecular weight excluding hydrogens is 354 g/mol. The van der Waals surface area contributed by atoms with Crippen LogP contribution >= 0.6 is 0 Å². The van der Waals surface area contributed by atoms with Gasteiger partial charge >= 0.3 is 6.03 Å². The Morgan fingerprint density at radius 3 is 2.07 bits per heavy atom. The minimum Gasteiger partial charge on any atom is -0.338 e. The Morgan fingerprint density at radius 1 is 0.929 bits per heavy atom. The van der Waals surface area contributed by atoms with Crippen molar-refractivity contribution in [3.05, 3.63) is 0 Å². The molecule has 2 heterocycles. The maximum absolute atomic E-state index is 12.8. The highest BCUT2D eigenvalue weighted by Crippen LogP contribution is 2.30. The monoisotopic (exact) mass is 393 g/mol. The van der Waals surface area contributed by atoms with Crippen molar-refractivity contribution >= 4 is 11.9 Å². The van der Waals surface area contributed by atoms with E-state index >= 15 is 0 Å². The summed E-state index contributed by atoms with van der Waals surface area (Å²) in [5.41, 5.74) is 0.0804. The van der Waals surface area contributed by atoms with Crippen molar-refractivity contribution in [2.45, 2.75) is 62.9 Å². The molecule has 1 atom stereocenters. The summed E-state index contributed by atoms with van der Waals surface area (Å²) >= 11 is 0. The number of likely N-dealkylation sites (tertiary alicyclic amines) is 1. The van der Waals surface area contributed by atoms with Crippen LogP contribution in [0.15, 0.2) is 0 Å². The van der Waals surface area contributed by atoms with E-state index in [-0.39, 0.29) is 23.5 Å².